The molecule has 0 fully saturated rings. The van der Waals surface area contributed by atoms with Gasteiger partial charge in [0.25, 0.3) is 0 Å². The maximum Gasteiger partial charge on any atom is 0.500 e. The molecule has 5 heteroatoms. The first kappa shape index (κ1) is 19.4. The third kappa shape index (κ3) is 9.90. The second-order valence-corrected chi connectivity index (χ2v) is 9.09. The molecule has 0 saturated heterocycles. The zero-order chi connectivity index (χ0) is 14.4. The molecular formula is C14H32O3SSi. The van der Waals surface area contributed by atoms with Crippen molar-refractivity contribution < 1.29 is 13.3 Å². The van der Waals surface area contributed by atoms with Crippen LogP contribution in [0.2, 0.25) is 6.04 Å². The summed E-state index contributed by atoms with van der Waals surface area (Å²) in [5.74, 6) is 2.47. The van der Waals surface area contributed by atoms with E-state index in [0.29, 0.717) is 0 Å². The van der Waals surface area contributed by atoms with Crippen molar-refractivity contribution >= 4 is 20.6 Å². The van der Waals surface area contributed by atoms with E-state index < -0.39 is 8.80 Å². The van der Waals surface area contributed by atoms with Crippen LogP contribution >= 0.6 is 11.8 Å². The van der Waals surface area contributed by atoms with Crippen molar-refractivity contribution in [3.8, 4) is 0 Å². The fourth-order valence-corrected chi connectivity index (χ4v) is 4.97. The average Bonchev–Trinajstić information content (AvgIpc) is 2.46. The van der Waals surface area contributed by atoms with E-state index in [1.165, 1.54) is 50.0 Å². The van der Waals surface area contributed by atoms with Gasteiger partial charge in [-0.3, -0.25) is 0 Å². The molecule has 0 aliphatic heterocycles. The Balaban J connectivity index is 3.35. The molecular weight excluding hydrogens is 276 g/mol. The van der Waals surface area contributed by atoms with Gasteiger partial charge in [-0.2, -0.15) is 11.8 Å². The molecule has 0 spiro atoms. The highest BCUT2D eigenvalue weighted by atomic mass is 32.2. The predicted octanol–water partition coefficient (Wildman–Crippen LogP) is 4.35. The van der Waals surface area contributed by atoms with Gasteiger partial charge in [0, 0.05) is 27.4 Å². The summed E-state index contributed by atoms with van der Waals surface area (Å²) in [6, 6.07) is 0.917. The van der Waals surface area contributed by atoms with Gasteiger partial charge in [0.15, 0.2) is 0 Å². The smallest absolute Gasteiger partial charge is 0.377 e. The minimum Gasteiger partial charge on any atom is -0.377 e. The highest BCUT2D eigenvalue weighted by Gasteiger charge is 2.36. The van der Waals surface area contributed by atoms with Crippen LogP contribution in [0, 0.1) is 0 Å². The van der Waals surface area contributed by atoms with E-state index in [1.807, 2.05) is 11.8 Å². The number of hydrogen-bond donors (Lipinski definition) is 0. The van der Waals surface area contributed by atoms with Crippen LogP contribution in [0.25, 0.3) is 0 Å². The summed E-state index contributed by atoms with van der Waals surface area (Å²) in [6.45, 7) is 2.26. The summed E-state index contributed by atoms with van der Waals surface area (Å²) in [5, 5.41) is 0. The van der Waals surface area contributed by atoms with E-state index in [9.17, 15) is 0 Å². The second kappa shape index (κ2) is 13.4. The highest BCUT2D eigenvalue weighted by molar-refractivity contribution is 7.99. The second-order valence-electron chi connectivity index (χ2n) is 4.78. The molecule has 3 nitrogen and oxygen atoms in total. The normalized spacial score (nSPS) is 12.0. The van der Waals surface area contributed by atoms with Crippen molar-refractivity contribution in [1.82, 2.24) is 0 Å². The van der Waals surface area contributed by atoms with E-state index in [4.69, 9.17) is 13.3 Å². The Bertz CT molecular complexity index is 181. The first-order valence-corrected chi connectivity index (χ1v) is 10.6. The molecule has 116 valence electrons. The molecule has 0 bridgehead atoms. The molecule has 0 aromatic heterocycles. The van der Waals surface area contributed by atoms with Gasteiger partial charge < -0.3 is 13.3 Å². The van der Waals surface area contributed by atoms with Gasteiger partial charge in [0.05, 0.1) is 0 Å². The molecule has 0 aromatic carbocycles. The largest absolute Gasteiger partial charge is 0.500 e. The van der Waals surface area contributed by atoms with E-state index in [0.717, 1.165) is 12.5 Å². The van der Waals surface area contributed by atoms with Crippen molar-refractivity contribution in [1.29, 1.82) is 0 Å². The topological polar surface area (TPSA) is 27.7 Å². The number of rotatable bonds is 14. The van der Waals surface area contributed by atoms with Gasteiger partial charge >= 0.3 is 8.80 Å². The van der Waals surface area contributed by atoms with Crippen molar-refractivity contribution in [2.24, 2.45) is 0 Å². The van der Waals surface area contributed by atoms with Gasteiger partial charge in [-0.25, -0.2) is 0 Å². The van der Waals surface area contributed by atoms with E-state index >= 15 is 0 Å². The van der Waals surface area contributed by atoms with Crippen molar-refractivity contribution in [3.05, 3.63) is 0 Å². The Morgan fingerprint density at radius 3 is 1.84 bits per heavy atom. The summed E-state index contributed by atoms with van der Waals surface area (Å²) in [6.07, 6.45) is 9.40. The molecule has 0 N–H and O–H groups in total. The fraction of sp³-hybridized carbons (Fsp3) is 1.00. The number of thioether (sulfide) groups is 1. The van der Waals surface area contributed by atoms with E-state index in [2.05, 4.69) is 6.92 Å². The molecule has 0 rings (SSSR count). The van der Waals surface area contributed by atoms with Crippen LogP contribution < -0.4 is 0 Å². The number of hydrogen-bond acceptors (Lipinski definition) is 4. The highest BCUT2D eigenvalue weighted by Crippen LogP contribution is 2.18. The summed E-state index contributed by atoms with van der Waals surface area (Å²) < 4.78 is 16.2. The van der Waals surface area contributed by atoms with Crippen LogP contribution in [-0.2, 0) is 13.3 Å². The van der Waals surface area contributed by atoms with Gasteiger partial charge in [0.1, 0.15) is 0 Å². The summed E-state index contributed by atoms with van der Waals surface area (Å²) in [5.41, 5.74) is 0. The summed E-state index contributed by atoms with van der Waals surface area (Å²) in [7, 11) is 2.73. The average molecular weight is 309 g/mol. The standard InChI is InChI=1S/C14H32O3SSi/c1-5-6-7-8-9-10-12-18-13-11-14-19(15-2,16-3)17-4/h5-14H2,1-4H3. The lowest BCUT2D eigenvalue weighted by atomic mass is 10.1. The van der Waals surface area contributed by atoms with Crippen LogP contribution in [0.4, 0.5) is 0 Å². The Kier molecular flexibility index (Phi) is 13.7. The van der Waals surface area contributed by atoms with Crippen molar-refractivity contribution in [2.45, 2.75) is 57.9 Å². The Morgan fingerprint density at radius 1 is 0.737 bits per heavy atom. The number of unbranched alkanes of at least 4 members (excludes halogenated alkanes) is 5. The molecule has 0 amide bonds. The van der Waals surface area contributed by atoms with Crippen molar-refractivity contribution in [2.75, 3.05) is 32.8 Å². The maximum absolute atomic E-state index is 5.40. The van der Waals surface area contributed by atoms with Gasteiger partial charge in [-0.1, -0.05) is 39.0 Å². The minimum absolute atomic E-state index is 0.917. The predicted molar refractivity (Wildman–Crippen MR) is 86.9 cm³/mol. The molecule has 0 atom stereocenters. The zero-order valence-electron chi connectivity index (χ0n) is 13.2. The SMILES string of the molecule is CCCCCCCCSCCC[Si](OC)(OC)OC. The van der Waals surface area contributed by atoms with Crippen LogP contribution in [-0.4, -0.2) is 41.6 Å². The van der Waals surface area contributed by atoms with Crippen LogP contribution in [0.15, 0.2) is 0 Å². The fourth-order valence-electron chi connectivity index (χ4n) is 2.03. The molecule has 0 aliphatic rings. The summed E-state index contributed by atoms with van der Waals surface area (Å²) >= 11 is 2.04. The Labute approximate surface area is 125 Å². The Morgan fingerprint density at radius 2 is 1.26 bits per heavy atom. The third-order valence-corrected chi connectivity index (χ3v) is 7.33. The minimum atomic E-state index is -2.32. The molecule has 0 saturated carbocycles. The van der Waals surface area contributed by atoms with E-state index in [-0.39, 0.29) is 0 Å². The lowest BCUT2D eigenvalue weighted by molar-refractivity contribution is 0.123. The van der Waals surface area contributed by atoms with Gasteiger partial charge in [0.2, 0.25) is 0 Å². The first-order valence-electron chi connectivity index (χ1n) is 7.48. The van der Waals surface area contributed by atoms with Gasteiger partial charge in [-0.05, 0) is 24.3 Å². The zero-order valence-corrected chi connectivity index (χ0v) is 15.0. The maximum atomic E-state index is 5.40. The first-order chi connectivity index (χ1) is 9.24. The molecule has 19 heavy (non-hydrogen) atoms. The molecule has 0 aromatic rings. The van der Waals surface area contributed by atoms with Crippen LogP contribution in [0.3, 0.4) is 0 Å². The quantitative estimate of drug-likeness (QED) is 0.352. The van der Waals surface area contributed by atoms with Gasteiger partial charge in [-0.15, -0.1) is 0 Å². The van der Waals surface area contributed by atoms with Crippen molar-refractivity contribution in [3.63, 3.8) is 0 Å². The molecule has 0 unspecified atom stereocenters. The van der Waals surface area contributed by atoms with Crippen LogP contribution in [0.5, 0.6) is 0 Å². The lowest BCUT2D eigenvalue weighted by Crippen LogP contribution is -2.42. The lowest BCUT2D eigenvalue weighted by Gasteiger charge is -2.24. The van der Waals surface area contributed by atoms with Crippen LogP contribution in [0.1, 0.15) is 51.9 Å². The summed E-state index contributed by atoms with van der Waals surface area (Å²) in [4.78, 5) is 0. The molecule has 0 aliphatic carbocycles. The third-order valence-electron chi connectivity index (χ3n) is 3.35. The monoisotopic (exact) mass is 308 g/mol. The molecule has 0 heterocycles. The van der Waals surface area contributed by atoms with E-state index in [1.54, 1.807) is 21.3 Å². The Hall–Kier alpha value is 0.447. The molecule has 0 radical (unpaired) electrons.